The normalized spacial score (nSPS) is 12.7. The van der Waals surface area contributed by atoms with Gasteiger partial charge in [0, 0.05) is 16.5 Å². The lowest BCUT2D eigenvalue weighted by molar-refractivity contribution is 0.142. The second-order valence-corrected chi connectivity index (χ2v) is 8.63. The van der Waals surface area contributed by atoms with Crippen LogP contribution in [0.25, 0.3) is 10.2 Å². The highest BCUT2D eigenvalue weighted by Crippen LogP contribution is 2.55. The van der Waals surface area contributed by atoms with E-state index in [1.165, 1.54) is 0 Å². The van der Waals surface area contributed by atoms with Crippen molar-refractivity contribution in [1.82, 2.24) is 4.98 Å². The van der Waals surface area contributed by atoms with Gasteiger partial charge in [0.1, 0.15) is 4.83 Å². The maximum Gasteiger partial charge on any atom is 0.336 e. The van der Waals surface area contributed by atoms with Gasteiger partial charge < -0.3 is 9.05 Å². The highest BCUT2D eigenvalue weighted by Gasteiger charge is 2.30. The minimum absolute atomic E-state index is 0.137. The lowest BCUT2D eigenvalue weighted by Crippen LogP contribution is -2.09. The minimum Gasteiger partial charge on any atom is -0.306 e. The van der Waals surface area contributed by atoms with Gasteiger partial charge in [-0.1, -0.05) is 6.07 Å². The summed E-state index contributed by atoms with van der Waals surface area (Å²) in [6, 6.07) is 3.95. The monoisotopic (exact) mass is 327 g/mol. The van der Waals surface area contributed by atoms with Crippen LogP contribution in [0, 0.1) is 6.92 Å². The van der Waals surface area contributed by atoms with Crippen molar-refractivity contribution >= 4 is 29.1 Å². The Bertz CT molecular complexity index is 652. The molecule has 0 saturated heterocycles. The van der Waals surface area contributed by atoms with Crippen LogP contribution in [0.2, 0.25) is 0 Å². The van der Waals surface area contributed by atoms with Crippen LogP contribution in [0.15, 0.2) is 18.3 Å². The first kappa shape index (κ1) is 16.6. The van der Waals surface area contributed by atoms with Gasteiger partial charge in [-0.15, -0.1) is 11.3 Å². The van der Waals surface area contributed by atoms with Crippen molar-refractivity contribution < 1.29 is 13.6 Å². The molecule has 0 aliphatic rings. The summed E-state index contributed by atoms with van der Waals surface area (Å²) in [6.07, 6.45) is 1.80. The van der Waals surface area contributed by atoms with E-state index in [4.69, 9.17) is 9.05 Å². The lowest BCUT2D eigenvalue weighted by atomic mass is 10.2. The highest BCUT2D eigenvalue weighted by atomic mass is 32.1. The number of hydrogen-bond donors (Lipinski definition) is 0. The number of nitrogens with zero attached hydrogens (tertiary/aromatic N) is 1. The molecular formula is C15H22NO3PS. The van der Waals surface area contributed by atoms with E-state index in [0.717, 1.165) is 20.7 Å². The first-order valence-electron chi connectivity index (χ1n) is 7.09. The summed E-state index contributed by atoms with van der Waals surface area (Å²) >= 11 is 1.56. The van der Waals surface area contributed by atoms with Crippen LogP contribution in [-0.2, 0) is 19.8 Å². The Morgan fingerprint density at radius 3 is 2.38 bits per heavy atom. The first-order chi connectivity index (χ1) is 9.81. The minimum atomic E-state index is -3.15. The first-order valence-corrected chi connectivity index (χ1v) is 9.64. The molecule has 2 rings (SSSR count). The molecule has 0 spiro atoms. The molecule has 0 unspecified atom stereocenters. The van der Waals surface area contributed by atoms with Crippen LogP contribution in [0.1, 0.15) is 38.1 Å². The van der Waals surface area contributed by atoms with Crippen molar-refractivity contribution in [2.75, 3.05) is 0 Å². The SMILES string of the molecule is Cc1c(CP(=O)(OC(C)C)OC(C)C)sc2ncccc12. The molecule has 0 radical (unpaired) electrons. The predicted octanol–water partition coefficient (Wildman–Crippen LogP) is 5.15. The van der Waals surface area contributed by atoms with E-state index in [1.54, 1.807) is 17.5 Å². The van der Waals surface area contributed by atoms with Gasteiger partial charge in [0.2, 0.25) is 0 Å². The molecule has 0 aliphatic carbocycles. The molecule has 6 heteroatoms. The Labute approximate surface area is 130 Å². The Hall–Kier alpha value is -0.740. The number of thiophene rings is 1. The van der Waals surface area contributed by atoms with Gasteiger partial charge in [-0.05, 0) is 46.2 Å². The van der Waals surface area contributed by atoms with Crippen molar-refractivity contribution in [1.29, 1.82) is 0 Å². The Balaban J connectivity index is 2.34. The molecule has 116 valence electrons. The summed E-state index contributed by atoms with van der Waals surface area (Å²) < 4.78 is 24.2. The number of rotatable bonds is 6. The van der Waals surface area contributed by atoms with Crippen molar-refractivity contribution in [2.45, 2.75) is 53.0 Å². The number of aryl methyl sites for hydroxylation is 1. The van der Waals surface area contributed by atoms with E-state index in [2.05, 4.69) is 4.98 Å². The van der Waals surface area contributed by atoms with Crippen LogP contribution in [0.5, 0.6) is 0 Å². The molecule has 0 atom stereocenters. The Kier molecular flexibility index (Phi) is 5.20. The van der Waals surface area contributed by atoms with E-state index in [1.807, 2.05) is 46.8 Å². The van der Waals surface area contributed by atoms with Gasteiger partial charge in [-0.2, -0.15) is 0 Å². The molecule has 2 heterocycles. The van der Waals surface area contributed by atoms with Crippen LogP contribution < -0.4 is 0 Å². The van der Waals surface area contributed by atoms with Gasteiger partial charge in [-0.3, -0.25) is 4.57 Å². The molecule has 4 nitrogen and oxygen atoms in total. The molecule has 0 bridgehead atoms. The topological polar surface area (TPSA) is 48.4 Å². The molecule has 0 aliphatic heterocycles. The molecular weight excluding hydrogens is 305 g/mol. The average molecular weight is 327 g/mol. The number of aromatic nitrogens is 1. The van der Waals surface area contributed by atoms with Crippen LogP contribution >= 0.6 is 18.9 Å². The molecule has 0 fully saturated rings. The maximum atomic E-state index is 13.0. The van der Waals surface area contributed by atoms with Gasteiger partial charge in [0.25, 0.3) is 0 Å². The summed E-state index contributed by atoms with van der Waals surface area (Å²) in [7, 11) is -3.15. The van der Waals surface area contributed by atoms with Crippen molar-refractivity contribution in [3.05, 3.63) is 28.8 Å². The summed E-state index contributed by atoms with van der Waals surface area (Å²) in [5, 5.41) is 1.11. The molecule has 21 heavy (non-hydrogen) atoms. The Morgan fingerprint density at radius 1 is 1.24 bits per heavy atom. The fraction of sp³-hybridized carbons (Fsp3) is 0.533. The Morgan fingerprint density at radius 2 is 1.86 bits per heavy atom. The highest BCUT2D eigenvalue weighted by molar-refractivity contribution is 7.53. The fourth-order valence-corrected chi connectivity index (χ4v) is 5.92. The molecule has 2 aromatic heterocycles. The quantitative estimate of drug-likeness (QED) is 0.689. The summed E-state index contributed by atoms with van der Waals surface area (Å²) in [4.78, 5) is 6.35. The van der Waals surface area contributed by atoms with E-state index in [9.17, 15) is 4.57 Å². The number of fused-ring (bicyclic) bond motifs is 1. The zero-order valence-corrected chi connectivity index (χ0v) is 14.8. The van der Waals surface area contributed by atoms with Crippen LogP contribution in [0.4, 0.5) is 0 Å². The van der Waals surface area contributed by atoms with Gasteiger partial charge >= 0.3 is 7.60 Å². The van der Waals surface area contributed by atoms with Crippen molar-refractivity contribution in [3.63, 3.8) is 0 Å². The predicted molar refractivity (Wildman–Crippen MR) is 88.1 cm³/mol. The second kappa shape index (κ2) is 6.57. The average Bonchev–Trinajstić information content (AvgIpc) is 2.64. The lowest BCUT2D eigenvalue weighted by Gasteiger charge is -2.22. The largest absolute Gasteiger partial charge is 0.336 e. The van der Waals surface area contributed by atoms with Gasteiger partial charge in [-0.25, -0.2) is 4.98 Å². The summed E-state index contributed by atoms with van der Waals surface area (Å²) in [6.45, 7) is 9.52. The number of pyridine rings is 1. The third-order valence-corrected chi connectivity index (χ3v) is 6.51. The summed E-state index contributed by atoms with van der Waals surface area (Å²) in [5.41, 5.74) is 1.11. The molecule has 0 N–H and O–H groups in total. The maximum absolute atomic E-state index is 13.0. The third kappa shape index (κ3) is 4.13. The van der Waals surface area contributed by atoms with Crippen molar-refractivity contribution in [3.8, 4) is 0 Å². The summed E-state index contributed by atoms with van der Waals surface area (Å²) in [5.74, 6) is 0. The van der Waals surface area contributed by atoms with Crippen molar-refractivity contribution in [2.24, 2.45) is 0 Å². The fourth-order valence-electron chi connectivity index (χ4n) is 2.17. The third-order valence-electron chi connectivity index (χ3n) is 2.89. The standard InChI is InChI=1S/C15H22NO3PS/c1-10(2)18-20(17,19-11(3)4)9-14-12(5)13-7-6-8-16-15(13)21-14/h6-8,10-11H,9H2,1-5H3. The van der Waals surface area contributed by atoms with Crippen LogP contribution in [-0.4, -0.2) is 17.2 Å². The molecule has 0 amide bonds. The van der Waals surface area contributed by atoms with Crippen LogP contribution in [0.3, 0.4) is 0 Å². The van der Waals surface area contributed by atoms with Gasteiger partial charge in [0.05, 0.1) is 18.4 Å². The molecule has 0 aromatic carbocycles. The second-order valence-electron chi connectivity index (χ2n) is 5.58. The zero-order chi connectivity index (χ0) is 15.6. The molecule has 0 saturated carbocycles. The molecule has 2 aromatic rings. The smallest absolute Gasteiger partial charge is 0.306 e. The van der Waals surface area contributed by atoms with E-state index in [0.29, 0.717) is 6.16 Å². The van der Waals surface area contributed by atoms with E-state index >= 15 is 0 Å². The van der Waals surface area contributed by atoms with E-state index in [-0.39, 0.29) is 12.2 Å². The number of hydrogen-bond acceptors (Lipinski definition) is 5. The zero-order valence-electron chi connectivity index (χ0n) is 13.1. The van der Waals surface area contributed by atoms with E-state index < -0.39 is 7.60 Å². The van der Waals surface area contributed by atoms with Gasteiger partial charge in [0.15, 0.2) is 0 Å².